The lowest BCUT2D eigenvalue weighted by Gasteiger charge is -2.26. The van der Waals surface area contributed by atoms with E-state index in [1.807, 2.05) is 36.4 Å². The van der Waals surface area contributed by atoms with Gasteiger partial charge in [0.15, 0.2) is 0 Å². The first-order valence-corrected chi connectivity index (χ1v) is 12.7. The first-order chi connectivity index (χ1) is 16.4. The largest absolute Gasteiger partial charge is 0.450 e. The monoisotopic (exact) mass is 497 g/mol. The molecule has 0 unspecified atom stereocenters. The predicted molar refractivity (Wildman–Crippen MR) is 128 cm³/mol. The number of nitro groups is 1. The Morgan fingerprint density at radius 1 is 1.03 bits per heavy atom. The molecule has 174 valence electrons. The molecule has 0 saturated carbocycles. The van der Waals surface area contributed by atoms with Crippen LogP contribution in [0.1, 0.15) is 0 Å². The van der Waals surface area contributed by atoms with Gasteiger partial charge in [-0.05, 0) is 48.5 Å². The summed E-state index contributed by atoms with van der Waals surface area (Å²) in [5.74, 6) is 0.343. The number of nitro benzene ring substituents is 1. The number of fused-ring (bicyclic) bond motifs is 1. The van der Waals surface area contributed by atoms with Crippen LogP contribution in [0.25, 0.3) is 20.8 Å². The van der Waals surface area contributed by atoms with Crippen LogP contribution in [0.5, 0.6) is 11.5 Å². The number of benzene rings is 3. The Labute approximate surface area is 199 Å². The molecular formula is C23H19N3O6S2. The van der Waals surface area contributed by atoms with E-state index in [0.29, 0.717) is 5.75 Å². The fraction of sp³-hybridized carbons (Fsp3) is 0.174. The van der Waals surface area contributed by atoms with E-state index in [4.69, 9.17) is 9.47 Å². The molecule has 2 heterocycles. The van der Waals surface area contributed by atoms with Crippen LogP contribution in [-0.4, -0.2) is 48.9 Å². The molecule has 1 fully saturated rings. The molecule has 1 saturated heterocycles. The number of para-hydroxylation sites is 1. The van der Waals surface area contributed by atoms with Crippen LogP contribution >= 0.6 is 11.3 Å². The van der Waals surface area contributed by atoms with Crippen LogP contribution in [0, 0.1) is 10.1 Å². The Morgan fingerprint density at radius 3 is 2.47 bits per heavy atom. The molecule has 1 aromatic heterocycles. The van der Waals surface area contributed by atoms with E-state index in [1.165, 1.54) is 16.4 Å². The summed E-state index contributed by atoms with van der Waals surface area (Å²) in [6, 6.07) is 18.6. The van der Waals surface area contributed by atoms with Gasteiger partial charge >= 0.3 is 5.69 Å². The summed E-state index contributed by atoms with van der Waals surface area (Å²) < 4.78 is 39.0. The number of hydrogen-bond acceptors (Lipinski definition) is 8. The van der Waals surface area contributed by atoms with Gasteiger partial charge in [0, 0.05) is 24.7 Å². The number of sulfonamides is 1. The van der Waals surface area contributed by atoms with E-state index < -0.39 is 20.6 Å². The van der Waals surface area contributed by atoms with Crippen molar-refractivity contribution in [3.8, 4) is 22.1 Å². The van der Waals surface area contributed by atoms with Crippen LogP contribution < -0.4 is 4.74 Å². The summed E-state index contributed by atoms with van der Waals surface area (Å²) in [6.07, 6.45) is 0. The summed E-state index contributed by atoms with van der Waals surface area (Å²) in [5.41, 5.74) is 1.39. The molecule has 3 aromatic carbocycles. The Bertz CT molecular complexity index is 1430. The second kappa shape index (κ2) is 9.11. The third kappa shape index (κ3) is 4.38. The second-order valence-electron chi connectivity index (χ2n) is 7.52. The highest BCUT2D eigenvalue weighted by Crippen LogP contribution is 2.36. The van der Waals surface area contributed by atoms with Gasteiger partial charge in [0.05, 0.1) is 33.2 Å². The molecule has 5 rings (SSSR count). The zero-order chi connectivity index (χ0) is 23.7. The van der Waals surface area contributed by atoms with Crippen molar-refractivity contribution in [3.63, 3.8) is 0 Å². The van der Waals surface area contributed by atoms with Gasteiger partial charge in [-0.3, -0.25) is 10.1 Å². The quantitative estimate of drug-likeness (QED) is 0.281. The van der Waals surface area contributed by atoms with E-state index in [0.717, 1.165) is 26.9 Å². The molecule has 0 aliphatic carbocycles. The van der Waals surface area contributed by atoms with Gasteiger partial charge in [-0.2, -0.15) is 4.31 Å². The number of hydrogen-bond donors (Lipinski definition) is 0. The van der Waals surface area contributed by atoms with Crippen LogP contribution in [0.3, 0.4) is 0 Å². The van der Waals surface area contributed by atoms with Crippen molar-refractivity contribution in [3.05, 3.63) is 76.8 Å². The van der Waals surface area contributed by atoms with E-state index in [2.05, 4.69) is 4.98 Å². The number of ether oxygens (including phenoxy) is 2. The minimum atomic E-state index is -3.87. The molecule has 1 aliphatic heterocycles. The molecule has 0 amide bonds. The first kappa shape index (κ1) is 22.4. The first-order valence-electron chi connectivity index (χ1n) is 10.4. The van der Waals surface area contributed by atoms with Crippen molar-refractivity contribution in [2.75, 3.05) is 26.3 Å². The highest BCUT2D eigenvalue weighted by Gasteiger charge is 2.29. The molecule has 4 aromatic rings. The number of aromatic nitrogens is 1. The fourth-order valence-electron chi connectivity index (χ4n) is 3.61. The SMILES string of the molecule is O=[N+]([O-])c1cc(S(=O)(=O)N2CCOCC2)ccc1Oc1ccc(-c2nc3ccccc3s2)cc1. The smallest absolute Gasteiger partial charge is 0.312 e. The zero-order valence-corrected chi connectivity index (χ0v) is 19.4. The topological polar surface area (TPSA) is 112 Å². The van der Waals surface area contributed by atoms with Gasteiger partial charge < -0.3 is 9.47 Å². The number of nitrogens with zero attached hydrogens (tertiary/aromatic N) is 3. The van der Waals surface area contributed by atoms with Crippen molar-refractivity contribution in [2.24, 2.45) is 0 Å². The minimum Gasteiger partial charge on any atom is -0.450 e. The molecular weight excluding hydrogens is 478 g/mol. The molecule has 0 radical (unpaired) electrons. The lowest BCUT2D eigenvalue weighted by Crippen LogP contribution is -2.40. The number of thiazole rings is 1. The Kier molecular flexibility index (Phi) is 6.00. The van der Waals surface area contributed by atoms with Gasteiger partial charge in [0.1, 0.15) is 10.8 Å². The van der Waals surface area contributed by atoms with E-state index in [-0.39, 0.29) is 36.9 Å². The maximum atomic E-state index is 12.9. The van der Waals surface area contributed by atoms with E-state index in [9.17, 15) is 18.5 Å². The molecule has 34 heavy (non-hydrogen) atoms. The molecule has 0 bridgehead atoms. The third-order valence-corrected chi connectivity index (χ3v) is 8.34. The molecule has 0 N–H and O–H groups in total. The van der Waals surface area contributed by atoms with E-state index >= 15 is 0 Å². The van der Waals surface area contributed by atoms with Gasteiger partial charge in [-0.25, -0.2) is 13.4 Å². The fourth-order valence-corrected chi connectivity index (χ4v) is 6.01. The van der Waals surface area contributed by atoms with Crippen molar-refractivity contribution < 1.29 is 22.8 Å². The summed E-state index contributed by atoms with van der Waals surface area (Å²) in [6.45, 7) is 0.982. The maximum absolute atomic E-state index is 12.9. The van der Waals surface area contributed by atoms with Crippen molar-refractivity contribution in [1.82, 2.24) is 9.29 Å². The van der Waals surface area contributed by atoms with Crippen LogP contribution in [0.4, 0.5) is 5.69 Å². The highest BCUT2D eigenvalue weighted by atomic mass is 32.2. The lowest BCUT2D eigenvalue weighted by atomic mass is 10.2. The number of morpholine rings is 1. The molecule has 0 atom stereocenters. The zero-order valence-electron chi connectivity index (χ0n) is 17.8. The van der Waals surface area contributed by atoms with Crippen LogP contribution in [0.2, 0.25) is 0 Å². The molecule has 1 aliphatic rings. The van der Waals surface area contributed by atoms with Gasteiger partial charge in [0.25, 0.3) is 0 Å². The van der Waals surface area contributed by atoms with Gasteiger partial charge in [-0.15, -0.1) is 11.3 Å². The average molecular weight is 498 g/mol. The number of rotatable bonds is 6. The maximum Gasteiger partial charge on any atom is 0.312 e. The van der Waals surface area contributed by atoms with Crippen molar-refractivity contribution in [2.45, 2.75) is 4.90 Å². The average Bonchev–Trinajstić information content (AvgIpc) is 3.29. The van der Waals surface area contributed by atoms with Crippen LogP contribution in [-0.2, 0) is 14.8 Å². The summed E-state index contributed by atoms with van der Waals surface area (Å²) in [5, 5.41) is 12.5. The van der Waals surface area contributed by atoms with Gasteiger partial charge in [-0.1, -0.05) is 12.1 Å². The second-order valence-corrected chi connectivity index (χ2v) is 10.5. The molecule has 11 heteroatoms. The Balaban J connectivity index is 1.40. The third-order valence-electron chi connectivity index (χ3n) is 5.36. The summed E-state index contributed by atoms with van der Waals surface area (Å²) in [4.78, 5) is 15.5. The van der Waals surface area contributed by atoms with E-state index in [1.54, 1.807) is 23.5 Å². The summed E-state index contributed by atoms with van der Waals surface area (Å²) in [7, 11) is -3.87. The normalized spacial score (nSPS) is 14.8. The highest BCUT2D eigenvalue weighted by molar-refractivity contribution is 7.89. The Hall–Kier alpha value is -3.38. The Morgan fingerprint density at radius 2 is 1.76 bits per heavy atom. The summed E-state index contributed by atoms with van der Waals surface area (Å²) >= 11 is 1.57. The molecule has 0 spiro atoms. The minimum absolute atomic E-state index is 0.0429. The lowest BCUT2D eigenvalue weighted by molar-refractivity contribution is -0.385. The van der Waals surface area contributed by atoms with Crippen molar-refractivity contribution in [1.29, 1.82) is 0 Å². The van der Waals surface area contributed by atoms with Gasteiger partial charge in [0.2, 0.25) is 15.8 Å². The molecule has 9 nitrogen and oxygen atoms in total. The van der Waals surface area contributed by atoms with Crippen LogP contribution in [0.15, 0.2) is 71.6 Å². The predicted octanol–water partition coefficient (Wildman–Crippen LogP) is 4.68. The standard InChI is InChI=1S/C23H19N3O6S2/c27-26(28)20-15-18(34(29,30)25-11-13-31-14-12-25)9-10-21(20)32-17-7-5-16(6-8-17)23-24-19-3-1-2-4-22(19)33-23/h1-10,15H,11-14H2. The van der Waals surface area contributed by atoms with Crippen molar-refractivity contribution >= 4 is 37.3 Å².